The second-order valence-corrected chi connectivity index (χ2v) is 4.48. The molecule has 0 atom stereocenters. The van der Waals surface area contributed by atoms with Crippen LogP contribution < -0.4 is 0 Å². The molecule has 2 aromatic heterocycles. The average Bonchev–Trinajstić information content (AvgIpc) is 2.87. The maximum Gasteiger partial charge on any atom is 0.435 e. The molecular weight excluding hydrogens is 313 g/mol. The van der Waals surface area contributed by atoms with Gasteiger partial charge in [-0.1, -0.05) is 0 Å². The zero-order valence-corrected chi connectivity index (χ0v) is 11.0. The molecular formula is C10H10BrF3N4. The number of aromatic nitrogens is 4. The van der Waals surface area contributed by atoms with Crippen LogP contribution >= 0.6 is 15.9 Å². The minimum atomic E-state index is -4.42. The first kappa shape index (κ1) is 13.1. The topological polar surface area (TPSA) is 46.5 Å². The van der Waals surface area contributed by atoms with E-state index in [-0.39, 0.29) is 0 Å². The molecule has 0 aliphatic rings. The highest BCUT2D eigenvalue weighted by atomic mass is 79.9. The van der Waals surface area contributed by atoms with E-state index in [0.29, 0.717) is 18.7 Å². The van der Waals surface area contributed by atoms with E-state index in [4.69, 9.17) is 0 Å². The second-order valence-electron chi connectivity index (χ2n) is 3.73. The zero-order chi connectivity index (χ0) is 13.3. The van der Waals surface area contributed by atoms with Crippen molar-refractivity contribution in [2.45, 2.75) is 26.1 Å². The summed E-state index contributed by atoms with van der Waals surface area (Å²) in [7, 11) is 0. The van der Waals surface area contributed by atoms with Crippen LogP contribution in [0.2, 0.25) is 0 Å². The van der Waals surface area contributed by atoms with Gasteiger partial charge in [0.1, 0.15) is 4.60 Å². The number of nitrogens with zero attached hydrogens (tertiary/aromatic N) is 3. The molecule has 1 N–H and O–H groups in total. The van der Waals surface area contributed by atoms with Crippen molar-refractivity contribution in [1.82, 2.24) is 20.0 Å². The van der Waals surface area contributed by atoms with E-state index in [9.17, 15) is 13.2 Å². The first-order valence-corrected chi connectivity index (χ1v) is 6.02. The predicted octanol–water partition coefficient (Wildman–Crippen LogP) is 3.00. The lowest BCUT2D eigenvalue weighted by atomic mass is 10.2. The number of halogens is 4. The fourth-order valence-corrected chi connectivity index (χ4v) is 2.14. The molecule has 0 bridgehead atoms. The summed E-state index contributed by atoms with van der Waals surface area (Å²) in [4.78, 5) is 0. The Kier molecular flexibility index (Phi) is 3.47. The van der Waals surface area contributed by atoms with Crippen LogP contribution in [0.3, 0.4) is 0 Å². The summed E-state index contributed by atoms with van der Waals surface area (Å²) >= 11 is 3.36. The molecule has 98 valence electrons. The zero-order valence-electron chi connectivity index (χ0n) is 9.42. The van der Waals surface area contributed by atoms with Crippen LogP contribution in [-0.2, 0) is 19.1 Å². The molecule has 4 nitrogen and oxygen atoms in total. The molecule has 0 saturated heterocycles. The van der Waals surface area contributed by atoms with Crippen molar-refractivity contribution < 1.29 is 13.2 Å². The van der Waals surface area contributed by atoms with E-state index >= 15 is 0 Å². The van der Waals surface area contributed by atoms with Gasteiger partial charge in [-0.3, -0.25) is 9.78 Å². The number of nitrogens with one attached hydrogen (secondary N) is 1. The SMILES string of the molecule is CCn1ncc(Cc2cc(C(F)(F)F)n[nH]2)c1Br. The minimum absolute atomic E-state index is 0.323. The van der Waals surface area contributed by atoms with Crippen molar-refractivity contribution in [2.24, 2.45) is 0 Å². The molecule has 8 heteroatoms. The third-order valence-corrected chi connectivity index (χ3v) is 3.36. The fraction of sp³-hybridized carbons (Fsp3) is 0.400. The molecule has 0 saturated carbocycles. The molecule has 0 aliphatic heterocycles. The summed E-state index contributed by atoms with van der Waals surface area (Å²) in [6, 6.07) is 1.01. The summed E-state index contributed by atoms with van der Waals surface area (Å²) in [5.41, 5.74) is 0.310. The first-order valence-electron chi connectivity index (χ1n) is 5.23. The summed E-state index contributed by atoms with van der Waals surface area (Å²) in [6.45, 7) is 2.62. The van der Waals surface area contributed by atoms with Gasteiger partial charge in [0.25, 0.3) is 0 Å². The maximum absolute atomic E-state index is 12.4. The third kappa shape index (κ3) is 2.58. The minimum Gasteiger partial charge on any atom is -0.282 e. The molecule has 0 unspecified atom stereocenters. The van der Waals surface area contributed by atoms with Gasteiger partial charge < -0.3 is 0 Å². The lowest BCUT2D eigenvalue weighted by Crippen LogP contribution is -2.04. The molecule has 18 heavy (non-hydrogen) atoms. The van der Waals surface area contributed by atoms with E-state index in [1.807, 2.05) is 6.92 Å². The van der Waals surface area contributed by atoms with Crippen molar-refractivity contribution in [3.8, 4) is 0 Å². The van der Waals surface area contributed by atoms with Gasteiger partial charge in [-0.25, -0.2) is 0 Å². The molecule has 0 amide bonds. The number of hydrogen-bond donors (Lipinski definition) is 1. The highest BCUT2D eigenvalue weighted by Crippen LogP contribution is 2.28. The van der Waals surface area contributed by atoms with E-state index < -0.39 is 11.9 Å². The number of H-pyrrole nitrogens is 1. The molecule has 2 rings (SSSR count). The lowest BCUT2D eigenvalue weighted by Gasteiger charge is -1.99. The summed E-state index contributed by atoms with van der Waals surface area (Å²) in [5.74, 6) is 0. The van der Waals surface area contributed by atoms with Gasteiger partial charge in [0.05, 0.1) is 6.20 Å². The van der Waals surface area contributed by atoms with Gasteiger partial charge in [0.2, 0.25) is 0 Å². The largest absolute Gasteiger partial charge is 0.435 e. The van der Waals surface area contributed by atoms with Gasteiger partial charge in [-0.2, -0.15) is 23.4 Å². The molecule has 0 aromatic carbocycles. The summed E-state index contributed by atoms with van der Waals surface area (Å²) in [5, 5.41) is 9.73. The third-order valence-electron chi connectivity index (χ3n) is 2.45. The normalized spacial score (nSPS) is 12.1. The Labute approximate surface area is 109 Å². The monoisotopic (exact) mass is 322 g/mol. The molecule has 0 radical (unpaired) electrons. The Morgan fingerprint density at radius 1 is 1.44 bits per heavy atom. The lowest BCUT2D eigenvalue weighted by molar-refractivity contribution is -0.141. The van der Waals surface area contributed by atoms with Crippen LogP contribution in [0, 0.1) is 0 Å². The van der Waals surface area contributed by atoms with E-state index in [1.165, 1.54) is 0 Å². The fourth-order valence-electron chi connectivity index (χ4n) is 1.55. The molecule has 0 aliphatic carbocycles. The smallest absolute Gasteiger partial charge is 0.282 e. The number of aryl methyl sites for hydroxylation is 1. The van der Waals surface area contributed by atoms with Crippen molar-refractivity contribution in [2.75, 3.05) is 0 Å². The van der Waals surface area contributed by atoms with Gasteiger partial charge in [-0.05, 0) is 28.9 Å². The summed E-state index contributed by atoms with van der Waals surface area (Å²) < 4.78 is 39.6. The first-order chi connectivity index (χ1) is 8.41. The van der Waals surface area contributed by atoms with Crippen LogP contribution in [0.15, 0.2) is 16.9 Å². The Bertz CT molecular complexity index is 544. The van der Waals surface area contributed by atoms with E-state index in [0.717, 1.165) is 16.2 Å². The standard InChI is InChI=1S/C10H10BrF3N4/c1-2-18-9(11)6(5-15-18)3-7-4-8(17-16-7)10(12,13)14/h4-5H,2-3H2,1H3,(H,16,17). The number of hydrogen-bond acceptors (Lipinski definition) is 2. The summed E-state index contributed by atoms with van der Waals surface area (Å²) in [6.07, 6.45) is -2.47. The predicted molar refractivity (Wildman–Crippen MR) is 62.0 cm³/mol. The van der Waals surface area contributed by atoms with Crippen molar-refractivity contribution >= 4 is 15.9 Å². The molecule has 0 spiro atoms. The number of rotatable bonds is 3. The van der Waals surface area contributed by atoms with Crippen molar-refractivity contribution in [3.05, 3.63) is 33.8 Å². The van der Waals surface area contributed by atoms with Crippen molar-refractivity contribution in [1.29, 1.82) is 0 Å². The van der Waals surface area contributed by atoms with E-state index in [2.05, 4.69) is 31.2 Å². The van der Waals surface area contributed by atoms with Crippen LogP contribution in [0.25, 0.3) is 0 Å². The highest BCUT2D eigenvalue weighted by molar-refractivity contribution is 9.10. The van der Waals surface area contributed by atoms with Gasteiger partial charge in [-0.15, -0.1) is 0 Å². The Hall–Kier alpha value is -1.31. The number of alkyl halides is 3. The highest BCUT2D eigenvalue weighted by Gasteiger charge is 2.33. The van der Waals surface area contributed by atoms with Gasteiger partial charge in [0, 0.05) is 24.2 Å². The van der Waals surface area contributed by atoms with Gasteiger partial charge in [0.15, 0.2) is 5.69 Å². The van der Waals surface area contributed by atoms with Crippen LogP contribution in [0.1, 0.15) is 23.9 Å². The van der Waals surface area contributed by atoms with Crippen molar-refractivity contribution in [3.63, 3.8) is 0 Å². The van der Waals surface area contributed by atoms with Crippen LogP contribution in [0.5, 0.6) is 0 Å². The van der Waals surface area contributed by atoms with E-state index in [1.54, 1.807) is 10.9 Å². The van der Waals surface area contributed by atoms with Crippen LogP contribution in [0.4, 0.5) is 13.2 Å². The Morgan fingerprint density at radius 3 is 2.67 bits per heavy atom. The van der Waals surface area contributed by atoms with Gasteiger partial charge >= 0.3 is 6.18 Å². The molecule has 2 aromatic rings. The molecule has 0 fully saturated rings. The Morgan fingerprint density at radius 2 is 2.17 bits per heavy atom. The average molecular weight is 323 g/mol. The van der Waals surface area contributed by atoms with Crippen LogP contribution in [-0.4, -0.2) is 20.0 Å². The maximum atomic E-state index is 12.4. The Balaban J connectivity index is 2.19. The molecule has 2 heterocycles. The quantitative estimate of drug-likeness (QED) is 0.944. The second kappa shape index (κ2) is 4.75. The number of aromatic amines is 1.